The maximum absolute atomic E-state index is 11.6. The van der Waals surface area contributed by atoms with Crippen molar-refractivity contribution in [2.24, 2.45) is 5.10 Å². The molecule has 0 fully saturated rings. The zero-order valence-corrected chi connectivity index (χ0v) is 14.7. The van der Waals surface area contributed by atoms with Crippen LogP contribution in [-0.2, 0) is 4.79 Å². The first-order valence-corrected chi connectivity index (χ1v) is 7.96. The van der Waals surface area contributed by atoms with Gasteiger partial charge in [0.25, 0.3) is 5.91 Å². The first-order valence-electron chi connectivity index (χ1n) is 6.09. The summed E-state index contributed by atoms with van der Waals surface area (Å²) in [6.07, 6.45) is 1.60. The molecular weight excluding hydrogens is 447 g/mol. The highest BCUT2D eigenvalue weighted by atomic mass is 127. The van der Waals surface area contributed by atoms with Crippen LogP contribution in [0.1, 0.15) is 5.56 Å². The number of benzene rings is 2. The van der Waals surface area contributed by atoms with Crippen molar-refractivity contribution in [1.29, 1.82) is 0 Å². The second-order valence-corrected chi connectivity index (χ2v) is 6.25. The average molecular weight is 459 g/mol. The Balaban J connectivity index is 1.78. The van der Waals surface area contributed by atoms with Gasteiger partial charge in [0, 0.05) is 8.04 Å². The summed E-state index contributed by atoms with van der Waals surface area (Å²) in [7, 11) is 0. The maximum atomic E-state index is 11.6. The van der Waals surface area contributed by atoms with Crippen LogP contribution in [0.2, 0.25) is 0 Å². The van der Waals surface area contributed by atoms with E-state index in [1.165, 1.54) is 0 Å². The number of ether oxygens (including phenoxy) is 1. The first-order chi connectivity index (χ1) is 10.1. The molecule has 0 atom stereocenters. The van der Waals surface area contributed by atoms with Gasteiger partial charge in [0.15, 0.2) is 6.61 Å². The molecule has 0 unspecified atom stereocenters. The number of hydrogen-bond acceptors (Lipinski definition) is 3. The molecule has 2 aromatic carbocycles. The molecule has 0 aliphatic carbocycles. The molecule has 2 rings (SSSR count). The standard InChI is InChI=1S/C15H12BrIN2O2/c16-12-4-6-14(7-5-12)21-10-15(20)19-18-9-11-2-1-3-13(17)8-11/h1-9H,10H2,(H,19,20)/b18-9-. The fraction of sp³-hybridized carbons (Fsp3) is 0.0667. The average Bonchev–Trinajstić information content (AvgIpc) is 2.47. The summed E-state index contributed by atoms with van der Waals surface area (Å²) in [6, 6.07) is 15.1. The van der Waals surface area contributed by atoms with E-state index in [-0.39, 0.29) is 12.5 Å². The van der Waals surface area contributed by atoms with Gasteiger partial charge >= 0.3 is 0 Å². The molecule has 6 heteroatoms. The molecule has 0 bridgehead atoms. The van der Waals surface area contributed by atoms with Crippen LogP contribution in [-0.4, -0.2) is 18.7 Å². The van der Waals surface area contributed by atoms with Gasteiger partial charge in [-0.25, -0.2) is 5.43 Å². The van der Waals surface area contributed by atoms with E-state index in [1.807, 2.05) is 36.4 Å². The van der Waals surface area contributed by atoms with E-state index >= 15 is 0 Å². The highest BCUT2D eigenvalue weighted by Crippen LogP contribution is 2.15. The number of carbonyl (C=O) groups is 1. The lowest BCUT2D eigenvalue weighted by molar-refractivity contribution is -0.123. The Morgan fingerprint density at radius 3 is 2.76 bits per heavy atom. The third-order valence-corrected chi connectivity index (χ3v) is 3.63. The Bertz CT molecular complexity index is 644. The Hall–Kier alpha value is -1.41. The predicted octanol–water partition coefficient (Wildman–Crippen LogP) is 3.58. The highest BCUT2D eigenvalue weighted by molar-refractivity contribution is 14.1. The minimum atomic E-state index is -0.306. The predicted molar refractivity (Wildman–Crippen MR) is 94.5 cm³/mol. The van der Waals surface area contributed by atoms with Crippen LogP contribution >= 0.6 is 38.5 Å². The lowest BCUT2D eigenvalue weighted by atomic mass is 10.2. The number of nitrogens with zero attached hydrogens (tertiary/aromatic N) is 1. The van der Waals surface area contributed by atoms with Crippen molar-refractivity contribution >= 4 is 50.6 Å². The molecule has 0 saturated carbocycles. The van der Waals surface area contributed by atoms with Gasteiger partial charge in [-0.1, -0.05) is 28.1 Å². The zero-order valence-electron chi connectivity index (χ0n) is 10.9. The molecule has 108 valence electrons. The van der Waals surface area contributed by atoms with E-state index in [0.29, 0.717) is 5.75 Å². The minimum Gasteiger partial charge on any atom is -0.484 e. The van der Waals surface area contributed by atoms with Crippen molar-refractivity contribution in [3.8, 4) is 5.75 Å². The molecule has 0 saturated heterocycles. The number of hydrogen-bond donors (Lipinski definition) is 1. The van der Waals surface area contributed by atoms with Crippen LogP contribution in [0.3, 0.4) is 0 Å². The minimum absolute atomic E-state index is 0.0781. The van der Waals surface area contributed by atoms with Gasteiger partial charge in [0.1, 0.15) is 5.75 Å². The van der Waals surface area contributed by atoms with Crippen molar-refractivity contribution in [2.75, 3.05) is 6.61 Å². The van der Waals surface area contributed by atoms with Crippen LogP contribution < -0.4 is 10.2 Å². The van der Waals surface area contributed by atoms with E-state index in [9.17, 15) is 4.79 Å². The molecule has 1 N–H and O–H groups in total. The van der Waals surface area contributed by atoms with Gasteiger partial charge in [-0.2, -0.15) is 5.10 Å². The lowest BCUT2D eigenvalue weighted by Crippen LogP contribution is -2.24. The van der Waals surface area contributed by atoms with Crippen LogP contribution in [0.5, 0.6) is 5.75 Å². The SMILES string of the molecule is O=C(COc1ccc(Br)cc1)N/N=C\c1cccc(I)c1. The topological polar surface area (TPSA) is 50.7 Å². The van der Waals surface area contributed by atoms with Crippen LogP contribution in [0.15, 0.2) is 58.1 Å². The van der Waals surface area contributed by atoms with Gasteiger partial charge in [-0.05, 0) is 64.6 Å². The summed E-state index contributed by atoms with van der Waals surface area (Å²) in [5.41, 5.74) is 3.35. The van der Waals surface area contributed by atoms with Crippen molar-refractivity contribution in [3.05, 3.63) is 62.1 Å². The normalized spacial score (nSPS) is 10.6. The smallest absolute Gasteiger partial charge is 0.277 e. The number of halogens is 2. The summed E-state index contributed by atoms with van der Waals surface area (Å²) >= 11 is 5.55. The first kappa shape index (κ1) is 16.0. The van der Waals surface area contributed by atoms with Gasteiger partial charge in [-0.3, -0.25) is 4.79 Å². The summed E-state index contributed by atoms with van der Waals surface area (Å²) in [5.74, 6) is 0.328. The summed E-state index contributed by atoms with van der Waals surface area (Å²) in [5, 5.41) is 3.89. The Morgan fingerprint density at radius 1 is 1.29 bits per heavy atom. The largest absolute Gasteiger partial charge is 0.484 e. The quantitative estimate of drug-likeness (QED) is 0.423. The lowest BCUT2D eigenvalue weighted by Gasteiger charge is -2.04. The maximum Gasteiger partial charge on any atom is 0.277 e. The van der Waals surface area contributed by atoms with E-state index in [2.05, 4.69) is 49.0 Å². The molecule has 0 aliphatic heterocycles. The number of rotatable bonds is 5. The van der Waals surface area contributed by atoms with Crippen molar-refractivity contribution in [2.45, 2.75) is 0 Å². The summed E-state index contributed by atoms with van der Waals surface area (Å²) in [4.78, 5) is 11.6. The summed E-state index contributed by atoms with van der Waals surface area (Å²) in [6.45, 7) is -0.0781. The molecule has 0 aromatic heterocycles. The molecule has 0 radical (unpaired) electrons. The van der Waals surface area contributed by atoms with Crippen LogP contribution in [0, 0.1) is 3.57 Å². The molecule has 21 heavy (non-hydrogen) atoms. The molecule has 0 heterocycles. The molecule has 1 amide bonds. The molecule has 4 nitrogen and oxygen atoms in total. The van der Waals surface area contributed by atoms with E-state index in [0.717, 1.165) is 13.6 Å². The third-order valence-electron chi connectivity index (χ3n) is 2.44. The van der Waals surface area contributed by atoms with Crippen LogP contribution in [0.25, 0.3) is 0 Å². The zero-order chi connectivity index (χ0) is 15.1. The monoisotopic (exact) mass is 458 g/mol. The fourth-order valence-corrected chi connectivity index (χ4v) is 2.31. The van der Waals surface area contributed by atoms with Gasteiger partial charge in [-0.15, -0.1) is 0 Å². The Kier molecular flexibility index (Phi) is 6.19. The van der Waals surface area contributed by atoms with E-state index < -0.39 is 0 Å². The number of carbonyl (C=O) groups excluding carboxylic acids is 1. The van der Waals surface area contributed by atoms with Crippen LogP contribution in [0.4, 0.5) is 0 Å². The second-order valence-electron chi connectivity index (χ2n) is 4.09. The number of nitrogens with one attached hydrogen (secondary N) is 1. The highest BCUT2D eigenvalue weighted by Gasteiger charge is 2.01. The van der Waals surface area contributed by atoms with E-state index in [4.69, 9.17) is 4.74 Å². The van der Waals surface area contributed by atoms with Crippen molar-refractivity contribution < 1.29 is 9.53 Å². The van der Waals surface area contributed by atoms with Gasteiger partial charge in [0.2, 0.25) is 0 Å². The van der Waals surface area contributed by atoms with Crippen molar-refractivity contribution in [3.63, 3.8) is 0 Å². The molecular formula is C15H12BrIN2O2. The molecule has 0 spiro atoms. The fourth-order valence-electron chi connectivity index (χ4n) is 1.48. The number of hydrazone groups is 1. The van der Waals surface area contributed by atoms with Gasteiger partial charge < -0.3 is 4.74 Å². The second kappa shape index (κ2) is 8.14. The molecule has 0 aliphatic rings. The van der Waals surface area contributed by atoms with Crippen molar-refractivity contribution in [1.82, 2.24) is 5.43 Å². The Labute approximate surface area is 144 Å². The van der Waals surface area contributed by atoms with E-state index in [1.54, 1.807) is 18.3 Å². The third kappa shape index (κ3) is 5.84. The Morgan fingerprint density at radius 2 is 2.05 bits per heavy atom. The molecule has 2 aromatic rings. The summed E-state index contributed by atoms with van der Waals surface area (Å²) < 4.78 is 7.41. The van der Waals surface area contributed by atoms with Gasteiger partial charge in [0.05, 0.1) is 6.21 Å². The number of amides is 1.